The first-order valence-electron chi connectivity index (χ1n) is 7.15. The molecule has 0 unspecified atom stereocenters. The van der Waals surface area contributed by atoms with E-state index in [1.807, 2.05) is 44.2 Å². The number of aryl methyl sites for hydroxylation is 1. The second-order valence-corrected chi connectivity index (χ2v) is 5.36. The third-order valence-electron chi connectivity index (χ3n) is 3.33. The lowest BCUT2D eigenvalue weighted by molar-refractivity contribution is 0.0935. The molecule has 22 heavy (non-hydrogen) atoms. The molecular weight excluding hydrogens is 278 g/mol. The van der Waals surface area contributed by atoms with E-state index in [1.54, 1.807) is 0 Å². The number of H-pyrrole nitrogens is 1. The van der Waals surface area contributed by atoms with E-state index < -0.39 is 0 Å². The summed E-state index contributed by atoms with van der Waals surface area (Å²) < 4.78 is 0. The van der Waals surface area contributed by atoms with Gasteiger partial charge in [0.1, 0.15) is 5.69 Å². The quantitative estimate of drug-likeness (QED) is 0.771. The van der Waals surface area contributed by atoms with Crippen LogP contribution >= 0.6 is 0 Å². The molecule has 0 aliphatic carbocycles. The van der Waals surface area contributed by atoms with Crippen LogP contribution in [0.2, 0.25) is 0 Å². The van der Waals surface area contributed by atoms with Crippen molar-refractivity contribution in [3.63, 3.8) is 0 Å². The highest BCUT2D eigenvalue weighted by molar-refractivity contribution is 5.93. The number of nitrogens with one attached hydrogen (secondary N) is 2. The molecule has 2 N–H and O–H groups in total. The molecule has 6 nitrogen and oxygen atoms in total. The summed E-state index contributed by atoms with van der Waals surface area (Å²) in [7, 11) is 0. The molecule has 3 aromatic rings. The van der Waals surface area contributed by atoms with Gasteiger partial charge in [-0.3, -0.25) is 14.9 Å². The number of carbonyl (C=O) groups is 1. The van der Waals surface area contributed by atoms with Crippen molar-refractivity contribution in [2.75, 3.05) is 0 Å². The molecule has 2 aromatic heterocycles. The summed E-state index contributed by atoms with van der Waals surface area (Å²) in [5.41, 5.74) is 3.75. The SMILES string of the molecule is Cc1cc(C[C@H](C)NC(=O)c2cnc3ccccc3n2)n[nH]1. The summed E-state index contributed by atoms with van der Waals surface area (Å²) in [6.45, 7) is 3.89. The van der Waals surface area contributed by atoms with Crippen LogP contribution in [-0.4, -0.2) is 32.1 Å². The van der Waals surface area contributed by atoms with Crippen LogP contribution in [0.4, 0.5) is 0 Å². The van der Waals surface area contributed by atoms with Gasteiger partial charge in [-0.2, -0.15) is 5.10 Å². The number of amides is 1. The molecule has 112 valence electrons. The van der Waals surface area contributed by atoms with Crippen LogP contribution in [0.25, 0.3) is 11.0 Å². The molecule has 0 radical (unpaired) electrons. The van der Waals surface area contributed by atoms with Crippen molar-refractivity contribution in [3.8, 4) is 0 Å². The number of benzene rings is 1. The lowest BCUT2D eigenvalue weighted by Gasteiger charge is -2.12. The normalized spacial score (nSPS) is 12.3. The molecule has 1 aromatic carbocycles. The Morgan fingerprint density at radius 3 is 2.82 bits per heavy atom. The zero-order valence-electron chi connectivity index (χ0n) is 12.5. The second kappa shape index (κ2) is 5.93. The molecule has 0 fully saturated rings. The predicted octanol–water partition coefficient (Wildman–Crippen LogP) is 2.02. The lowest BCUT2D eigenvalue weighted by Crippen LogP contribution is -2.34. The molecule has 6 heteroatoms. The molecule has 1 amide bonds. The molecule has 0 aliphatic heterocycles. The zero-order chi connectivity index (χ0) is 15.5. The van der Waals surface area contributed by atoms with E-state index in [0.717, 1.165) is 16.9 Å². The van der Waals surface area contributed by atoms with E-state index in [1.165, 1.54) is 6.20 Å². The van der Waals surface area contributed by atoms with Crippen molar-refractivity contribution in [2.24, 2.45) is 0 Å². The molecule has 0 spiro atoms. The van der Waals surface area contributed by atoms with Gasteiger partial charge in [0.25, 0.3) is 5.91 Å². The number of para-hydroxylation sites is 2. The zero-order valence-corrected chi connectivity index (χ0v) is 12.5. The Labute approximate surface area is 128 Å². The van der Waals surface area contributed by atoms with Gasteiger partial charge >= 0.3 is 0 Å². The largest absolute Gasteiger partial charge is 0.348 e. The molecule has 2 heterocycles. The Hall–Kier alpha value is -2.76. The number of carbonyl (C=O) groups excluding carboxylic acids is 1. The molecule has 0 saturated heterocycles. The lowest BCUT2D eigenvalue weighted by atomic mass is 10.1. The number of nitrogens with zero attached hydrogens (tertiary/aromatic N) is 3. The Morgan fingerprint density at radius 1 is 1.32 bits per heavy atom. The van der Waals surface area contributed by atoms with E-state index in [0.29, 0.717) is 17.6 Å². The van der Waals surface area contributed by atoms with Gasteiger partial charge in [-0.1, -0.05) is 12.1 Å². The maximum absolute atomic E-state index is 12.3. The van der Waals surface area contributed by atoms with Crippen LogP contribution < -0.4 is 5.32 Å². The van der Waals surface area contributed by atoms with Crippen molar-refractivity contribution in [2.45, 2.75) is 26.3 Å². The first kappa shape index (κ1) is 14.2. The monoisotopic (exact) mass is 295 g/mol. The molecule has 3 rings (SSSR count). The molecule has 0 aliphatic rings. The third-order valence-corrected chi connectivity index (χ3v) is 3.33. The predicted molar refractivity (Wildman–Crippen MR) is 83.5 cm³/mol. The number of rotatable bonds is 4. The van der Waals surface area contributed by atoms with Gasteiger partial charge in [0, 0.05) is 18.2 Å². The van der Waals surface area contributed by atoms with Gasteiger partial charge in [-0.25, -0.2) is 4.98 Å². The fraction of sp³-hybridized carbons (Fsp3) is 0.250. The smallest absolute Gasteiger partial charge is 0.271 e. The molecular formula is C16H17N5O. The topological polar surface area (TPSA) is 83.6 Å². The van der Waals surface area contributed by atoms with Crippen molar-refractivity contribution in [1.29, 1.82) is 0 Å². The van der Waals surface area contributed by atoms with Gasteiger partial charge in [-0.05, 0) is 32.0 Å². The average molecular weight is 295 g/mol. The number of hydrogen-bond acceptors (Lipinski definition) is 4. The summed E-state index contributed by atoms with van der Waals surface area (Å²) in [4.78, 5) is 20.9. The molecule has 1 atom stereocenters. The number of hydrogen-bond donors (Lipinski definition) is 2. The van der Waals surface area contributed by atoms with E-state index in [-0.39, 0.29) is 11.9 Å². The summed E-state index contributed by atoms with van der Waals surface area (Å²) in [5, 5.41) is 9.99. The van der Waals surface area contributed by atoms with Crippen LogP contribution in [0.1, 0.15) is 28.8 Å². The van der Waals surface area contributed by atoms with Crippen LogP contribution in [0, 0.1) is 6.92 Å². The highest BCUT2D eigenvalue weighted by atomic mass is 16.1. The summed E-state index contributed by atoms with van der Waals surface area (Å²) >= 11 is 0. The maximum Gasteiger partial charge on any atom is 0.271 e. The molecule has 0 saturated carbocycles. The van der Waals surface area contributed by atoms with Gasteiger partial charge < -0.3 is 5.32 Å². The van der Waals surface area contributed by atoms with Gasteiger partial charge in [-0.15, -0.1) is 0 Å². The highest BCUT2D eigenvalue weighted by Crippen LogP contribution is 2.09. The minimum atomic E-state index is -0.224. The van der Waals surface area contributed by atoms with E-state index in [4.69, 9.17) is 0 Å². The van der Waals surface area contributed by atoms with Gasteiger partial charge in [0.15, 0.2) is 0 Å². The Bertz CT molecular complexity index is 811. The Morgan fingerprint density at radius 2 is 2.09 bits per heavy atom. The fourth-order valence-corrected chi connectivity index (χ4v) is 2.31. The van der Waals surface area contributed by atoms with Gasteiger partial charge in [0.2, 0.25) is 0 Å². The third kappa shape index (κ3) is 3.11. The van der Waals surface area contributed by atoms with Crippen molar-refractivity contribution in [1.82, 2.24) is 25.5 Å². The van der Waals surface area contributed by atoms with Crippen LogP contribution in [0.3, 0.4) is 0 Å². The maximum atomic E-state index is 12.3. The number of aromatic nitrogens is 4. The van der Waals surface area contributed by atoms with Crippen LogP contribution in [0.15, 0.2) is 36.5 Å². The van der Waals surface area contributed by atoms with E-state index >= 15 is 0 Å². The van der Waals surface area contributed by atoms with Crippen molar-refractivity contribution >= 4 is 16.9 Å². The van der Waals surface area contributed by atoms with Gasteiger partial charge in [0.05, 0.1) is 22.9 Å². The first-order chi connectivity index (χ1) is 10.6. The minimum Gasteiger partial charge on any atom is -0.348 e. The number of fused-ring (bicyclic) bond motifs is 1. The fourth-order valence-electron chi connectivity index (χ4n) is 2.31. The Balaban J connectivity index is 1.69. The first-order valence-corrected chi connectivity index (χ1v) is 7.15. The summed E-state index contributed by atoms with van der Waals surface area (Å²) in [6.07, 6.45) is 2.17. The summed E-state index contributed by atoms with van der Waals surface area (Å²) in [5.74, 6) is -0.224. The van der Waals surface area contributed by atoms with Crippen LogP contribution in [-0.2, 0) is 6.42 Å². The van der Waals surface area contributed by atoms with Crippen molar-refractivity contribution in [3.05, 3.63) is 53.6 Å². The van der Waals surface area contributed by atoms with Crippen LogP contribution in [0.5, 0.6) is 0 Å². The average Bonchev–Trinajstić information content (AvgIpc) is 2.91. The summed E-state index contributed by atoms with van der Waals surface area (Å²) in [6, 6.07) is 9.41. The molecule has 0 bridgehead atoms. The van der Waals surface area contributed by atoms with Crippen molar-refractivity contribution < 1.29 is 4.79 Å². The minimum absolute atomic E-state index is 0.0385. The standard InChI is InChI=1S/C16H17N5O/c1-10(7-12-8-11(2)20-21-12)18-16(22)15-9-17-13-5-3-4-6-14(13)19-15/h3-6,8-10H,7H2,1-2H3,(H,18,22)(H,20,21)/t10-/m0/s1. The highest BCUT2D eigenvalue weighted by Gasteiger charge is 2.13. The second-order valence-electron chi connectivity index (χ2n) is 5.36. The van der Waals surface area contributed by atoms with E-state index in [2.05, 4.69) is 25.5 Å². The Kier molecular flexibility index (Phi) is 3.82. The van der Waals surface area contributed by atoms with E-state index in [9.17, 15) is 4.79 Å². The number of aromatic amines is 1.